The van der Waals surface area contributed by atoms with Crippen LogP contribution >= 0.6 is 0 Å². The molecule has 3 nitrogen and oxygen atoms in total. The summed E-state index contributed by atoms with van der Waals surface area (Å²) in [7, 11) is 1.97. The monoisotopic (exact) mass is 265 g/mol. The van der Waals surface area contributed by atoms with E-state index in [1.165, 1.54) is 21.9 Å². The molecule has 0 saturated carbocycles. The van der Waals surface area contributed by atoms with E-state index < -0.39 is 0 Å². The topological polar surface area (TPSA) is 40.7 Å². The fraction of sp³-hybridized carbons (Fsp3) is 0.235. The molecule has 3 aromatic rings. The number of rotatable bonds is 4. The van der Waals surface area contributed by atoms with Gasteiger partial charge in [-0.1, -0.05) is 30.4 Å². The van der Waals surface area contributed by atoms with Crippen LogP contribution in [-0.4, -0.2) is 23.6 Å². The number of H-pyrrole nitrogens is 1. The molecular weight excluding hydrogens is 246 g/mol. The van der Waals surface area contributed by atoms with Crippen molar-refractivity contribution in [3.8, 4) is 0 Å². The van der Waals surface area contributed by atoms with Gasteiger partial charge in [0.2, 0.25) is 0 Å². The third kappa shape index (κ3) is 2.21. The average Bonchev–Trinajstić information content (AvgIpc) is 2.86. The van der Waals surface area contributed by atoms with Gasteiger partial charge in [0, 0.05) is 28.0 Å². The van der Waals surface area contributed by atoms with E-state index >= 15 is 0 Å². The lowest BCUT2D eigenvalue weighted by Gasteiger charge is -2.01. The standard InChI is InChI=1S/C17H19N3/c1-12-17-16(14-8-3-4-9-15(14)20-17)13(11-19-12)7-5-6-10-18-2/h3-5,7-9,11,18,20H,6,10H2,1-2H3/b7-5+. The van der Waals surface area contributed by atoms with Crippen LogP contribution in [0.2, 0.25) is 0 Å². The number of aromatic nitrogens is 2. The molecule has 0 fully saturated rings. The number of nitrogens with one attached hydrogen (secondary N) is 2. The fourth-order valence-electron chi connectivity index (χ4n) is 2.57. The second-order valence-electron chi connectivity index (χ2n) is 5.01. The van der Waals surface area contributed by atoms with E-state index in [-0.39, 0.29) is 0 Å². The van der Waals surface area contributed by atoms with Gasteiger partial charge in [0.1, 0.15) is 0 Å². The summed E-state index contributed by atoms with van der Waals surface area (Å²) >= 11 is 0. The number of nitrogens with zero attached hydrogens (tertiary/aromatic N) is 1. The average molecular weight is 265 g/mol. The van der Waals surface area contributed by atoms with Crippen LogP contribution in [0, 0.1) is 6.92 Å². The molecule has 102 valence electrons. The Bertz CT molecular complexity index is 768. The van der Waals surface area contributed by atoms with E-state index in [1.807, 2.05) is 20.2 Å². The summed E-state index contributed by atoms with van der Waals surface area (Å²) in [6.45, 7) is 3.04. The van der Waals surface area contributed by atoms with Crippen molar-refractivity contribution >= 4 is 27.9 Å². The van der Waals surface area contributed by atoms with Gasteiger partial charge < -0.3 is 10.3 Å². The SMILES string of the molecule is CNCC/C=C/c1cnc(C)c2[nH]c3ccccc3c12. The van der Waals surface area contributed by atoms with Gasteiger partial charge >= 0.3 is 0 Å². The van der Waals surface area contributed by atoms with Gasteiger partial charge in [-0.15, -0.1) is 0 Å². The van der Waals surface area contributed by atoms with E-state index in [2.05, 4.69) is 51.7 Å². The minimum Gasteiger partial charge on any atom is -0.353 e. The third-order valence-corrected chi connectivity index (χ3v) is 3.61. The van der Waals surface area contributed by atoms with Crippen LogP contribution in [0.4, 0.5) is 0 Å². The summed E-state index contributed by atoms with van der Waals surface area (Å²) in [6.07, 6.45) is 7.36. The smallest absolute Gasteiger partial charge is 0.0687 e. The summed E-state index contributed by atoms with van der Waals surface area (Å²) in [4.78, 5) is 7.98. The molecule has 2 N–H and O–H groups in total. The van der Waals surface area contributed by atoms with Crippen LogP contribution in [0.15, 0.2) is 36.5 Å². The lowest BCUT2D eigenvalue weighted by molar-refractivity contribution is 0.809. The Morgan fingerprint density at radius 1 is 1.30 bits per heavy atom. The highest BCUT2D eigenvalue weighted by Gasteiger charge is 2.09. The highest BCUT2D eigenvalue weighted by molar-refractivity contribution is 6.11. The maximum absolute atomic E-state index is 4.50. The number of pyridine rings is 1. The molecule has 3 heteroatoms. The molecule has 0 spiro atoms. The maximum Gasteiger partial charge on any atom is 0.0687 e. The first-order valence-electron chi connectivity index (χ1n) is 6.98. The molecule has 0 bridgehead atoms. The van der Waals surface area contributed by atoms with Gasteiger partial charge in [-0.2, -0.15) is 0 Å². The van der Waals surface area contributed by atoms with Crippen LogP contribution in [0.25, 0.3) is 27.9 Å². The van der Waals surface area contributed by atoms with Crippen molar-refractivity contribution in [2.45, 2.75) is 13.3 Å². The molecule has 2 aromatic heterocycles. The van der Waals surface area contributed by atoms with Crippen molar-refractivity contribution in [3.63, 3.8) is 0 Å². The van der Waals surface area contributed by atoms with Crippen LogP contribution in [0.3, 0.4) is 0 Å². The first kappa shape index (κ1) is 12.9. The van der Waals surface area contributed by atoms with Gasteiger partial charge in [-0.05, 0) is 33.0 Å². The highest BCUT2D eigenvalue weighted by atomic mass is 14.8. The van der Waals surface area contributed by atoms with Crippen molar-refractivity contribution in [1.29, 1.82) is 0 Å². The minimum absolute atomic E-state index is 0.993. The molecule has 0 amide bonds. The number of aryl methyl sites for hydroxylation is 1. The van der Waals surface area contributed by atoms with Crippen molar-refractivity contribution in [3.05, 3.63) is 47.8 Å². The Balaban J connectivity index is 2.17. The molecule has 0 aliphatic rings. The molecule has 1 aromatic carbocycles. The molecule has 0 radical (unpaired) electrons. The van der Waals surface area contributed by atoms with Crippen LogP contribution in [-0.2, 0) is 0 Å². The maximum atomic E-state index is 4.50. The zero-order valence-corrected chi connectivity index (χ0v) is 11.9. The number of fused-ring (bicyclic) bond motifs is 3. The van der Waals surface area contributed by atoms with Crippen molar-refractivity contribution < 1.29 is 0 Å². The third-order valence-electron chi connectivity index (χ3n) is 3.61. The first-order chi connectivity index (χ1) is 9.81. The number of hydrogen-bond donors (Lipinski definition) is 2. The Morgan fingerprint density at radius 3 is 3.00 bits per heavy atom. The molecule has 2 heterocycles. The summed E-state index contributed by atoms with van der Waals surface area (Å²) in [5, 5.41) is 5.69. The van der Waals surface area contributed by atoms with Gasteiger partial charge in [-0.3, -0.25) is 4.98 Å². The minimum atomic E-state index is 0.993. The summed E-state index contributed by atoms with van der Waals surface area (Å²) in [5.41, 5.74) is 4.54. The predicted octanol–water partition coefficient (Wildman–Crippen LogP) is 3.65. The zero-order valence-electron chi connectivity index (χ0n) is 11.9. The lowest BCUT2D eigenvalue weighted by atomic mass is 10.1. The number of benzene rings is 1. The number of hydrogen-bond acceptors (Lipinski definition) is 2. The molecular formula is C17H19N3. The Hall–Kier alpha value is -2.13. The largest absolute Gasteiger partial charge is 0.353 e. The Labute approximate surface area is 118 Å². The molecule has 3 rings (SSSR count). The van der Waals surface area contributed by atoms with Gasteiger partial charge in [0.25, 0.3) is 0 Å². The van der Waals surface area contributed by atoms with E-state index in [0.29, 0.717) is 0 Å². The van der Waals surface area contributed by atoms with E-state index in [9.17, 15) is 0 Å². The van der Waals surface area contributed by atoms with Crippen LogP contribution < -0.4 is 5.32 Å². The van der Waals surface area contributed by atoms with Crippen molar-refractivity contribution in [2.75, 3.05) is 13.6 Å². The second-order valence-corrected chi connectivity index (χ2v) is 5.01. The van der Waals surface area contributed by atoms with Gasteiger partial charge in [0.05, 0.1) is 11.2 Å². The zero-order chi connectivity index (χ0) is 13.9. The molecule has 0 aliphatic carbocycles. The molecule has 0 unspecified atom stereocenters. The second kappa shape index (κ2) is 5.47. The quantitative estimate of drug-likeness (QED) is 0.707. The summed E-state index contributed by atoms with van der Waals surface area (Å²) < 4.78 is 0. The van der Waals surface area contributed by atoms with Crippen LogP contribution in [0.1, 0.15) is 17.7 Å². The van der Waals surface area contributed by atoms with Gasteiger partial charge in [0.15, 0.2) is 0 Å². The van der Waals surface area contributed by atoms with E-state index in [1.54, 1.807) is 0 Å². The molecule has 0 saturated heterocycles. The summed E-state index contributed by atoms with van der Waals surface area (Å²) in [6, 6.07) is 8.42. The normalized spacial score (nSPS) is 11.9. The van der Waals surface area contributed by atoms with E-state index in [4.69, 9.17) is 0 Å². The number of para-hydroxylation sites is 1. The molecule has 0 atom stereocenters. The molecule has 0 aliphatic heterocycles. The van der Waals surface area contributed by atoms with Crippen molar-refractivity contribution in [2.24, 2.45) is 0 Å². The fourth-order valence-corrected chi connectivity index (χ4v) is 2.57. The predicted molar refractivity (Wildman–Crippen MR) is 85.9 cm³/mol. The highest BCUT2D eigenvalue weighted by Crippen LogP contribution is 2.30. The van der Waals surface area contributed by atoms with Crippen LogP contribution in [0.5, 0.6) is 0 Å². The Morgan fingerprint density at radius 2 is 2.15 bits per heavy atom. The Kier molecular flexibility index (Phi) is 3.52. The van der Waals surface area contributed by atoms with Gasteiger partial charge in [-0.25, -0.2) is 0 Å². The lowest BCUT2D eigenvalue weighted by Crippen LogP contribution is -2.05. The van der Waals surface area contributed by atoms with Crippen molar-refractivity contribution in [1.82, 2.24) is 15.3 Å². The van der Waals surface area contributed by atoms with E-state index in [0.717, 1.165) is 24.2 Å². The summed E-state index contributed by atoms with van der Waals surface area (Å²) in [5.74, 6) is 0. The molecule has 20 heavy (non-hydrogen) atoms. The first-order valence-corrected chi connectivity index (χ1v) is 6.98. The number of aromatic amines is 1.